The normalized spacial score (nSPS) is 25.9. The molecule has 2 N–H and O–H groups in total. The Morgan fingerprint density at radius 1 is 1.17 bits per heavy atom. The van der Waals surface area contributed by atoms with E-state index in [1.807, 2.05) is 18.2 Å². The molecule has 0 saturated carbocycles. The molecule has 0 radical (unpaired) electrons. The van der Waals surface area contributed by atoms with E-state index in [0.717, 1.165) is 18.4 Å². The zero-order chi connectivity index (χ0) is 16.2. The number of nitrogens with one attached hydrogen (secondary N) is 2. The van der Waals surface area contributed by atoms with Gasteiger partial charge >= 0.3 is 0 Å². The third kappa shape index (κ3) is 3.96. The lowest BCUT2D eigenvalue weighted by molar-refractivity contribution is -0.122. The van der Waals surface area contributed by atoms with E-state index in [4.69, 9.17) is 9.47 Å². The van der Waals surface area contributed by atoms with E-state index < -0.39 is 0 Å². The van der Waals surface area contributed by atoms with E-state index in [-0.39, 0.29) is 5.91 Å². The van der Waals surface area contributed by atoms with Crippen LogP contribution in [-0.2, 0) is 11.3 Å². The minimum Gasteiger partial charge on any atom is -0.493 e. The second-order valence-electron chi connectivity index (χ2n) is 6.65. The summed E-state index contributed by atoms with van der Waals surface area (Å²) in [6.45, 7) is 0.525. The van der Waals surface area contributed by atoms with Crippen LogP contribution in [0.25, 0.3) is 0 Å². The smallest absolute Gasteiger partial charge is 0.220 e. The third-order valence-electron chi connectivity index (χ3n) is 4.98. The number of benzene rings is 1. The van der Waals surface area contributed by atoms with Gasteiger partial charge in [-0.1, -0.05) is 6.07 Å². The van der Waals surface area contributed by atoms with E-state index in [1.54, 1.807) is 14.2 Å². The molecule has 1 amide bonds. The fourth-order valence-corrected chi connectivity index (χ4v) is 3.87. The quantitative estimate of drug-likeness (QED) is 0.844. The third-order valence-corrected chi connectivity index (χ3v) is 4.98. The van der Waals surface area contributed by atoms with Crippen molar-refractivity contribution in [2.24, 2.45) is 5.92 Å². The van der Waals surface area contributed by atoms with Crippen LogP contribution in [0.1, 0.15) is 37.7 Å². The molecule has 23 heavy (non-hydrogen) atoms. The van der Waals surface area contributed by atoms with E-state index in [9.17, 15) is 4.79 Å². The molecular formula is C18H26N2O3. The van der Waals surface area contributed by atoms with Crippen LogP contribution in [0.3, 0.4) is 0 Å². The molecule has 0 aliphatic carbocycles. The van der Waals surface area contributed by atoms with E-state index in [0.29, 0.717) is 42.5 Å². The Hall–Kier alpha value is -1.75. The highest BCUT2D eigenvalue weighted by atomic mass is 16.5. The summed E-state index contributed by atoms with van der Waals surface area (Å²) in [5, 5.41) is 6.65. The summed E-state index contributed by atoms with van der Waals surface area (Å²) in [5.41, 5.74) is 1.02. The molecule has 2 saturated heterocycles. The van der Waals surface area contributed by atoms with Crippen LogP contribution in [-0.4, -0.2) is 32.2 Å². The molecule has 2 bridgehead atoms. The Morgan fingerprint density at radius 3 is 2.52 bits per heavy atom. The van der Waals surface area contributed by atoms with Gasteiger partial charge < -0.3 is 20.1 Å². The second kappa shape index (κ2) is 7.21. The first-order valence-electron chi connectivity index (χ1n) is 8.41. The molecule has 2 fully saturated rings. The topological polar surface area (TPSA) is 59.6 Å². The molecular weight excluding hydrogens is 292 g/mol. The number of fused-ring (bicyclic) bond motifs is 2. The molecule has 2 aliphatic heterocycles. The van der Waals surface area contributed by atoms with Crippen molar-refractivity contribution in [1.82, 2.24) is 10.6 Å². The average Bonchev–Trinajstić information content (AvgIpc) is 2.91. The Morgan fingerprint density at radius 2 is 1.87 bits per heavy atom. The summed E-state index contributed by atoms with van der Waals surface area (Å²) in [6.07, 6.45) is 5.46. The first kappa shape index (κ1) is 16.1. The Kier molecular flexibility index (Phi) is 5.06. The number of carbonyl (C=O) groups is 1. The Labute approximate surface area is 137 Å². The predicted molar refractivity (Wildman–Crippen MR) is 88.7 cm³/mol. The Balaban J connectivity index is 1.49. The van der Waals surface area contributed by atoms with Crippen molar-refractivity contribution in [2.45, 2.75) is 50.7 Å². The highest BCUT2D eigenvalue weighted by Gasteiger charge is 2.34. The van der Waals surface area contributed by atoms with Crippen LogP contribution in [0, 0.1) is 5.92 Å². The lowest BCUT2D eigenvalue weighted by Crippen LogP contribution is -2.39. The number of ether oxygens (including phenoxy) is 2. The molecule has 0 spiro atoms. The summed E-state index contributed by atoms with van der Waals surface area (Å²) in [6, 6.07) is 7.00. The summed E-state index contributed by atoms with van der Waals surface area (Å²) in [5.74, 6) is 2.06. The minimum atomic E-state index is 0.145. The van der Waals surface area contributed by atoms with Gasteiger partial charge in [0.15, 0.2) is 11.5 Å². The average molecular weight is 318 g/mol. The Bertz CT molecular complexity index is 549. The molecule has 126 valence electrons. The maximum absolute atomic E-state index is 12.2. The van der Waals surface area contributed by atoms with Gasteiger partial charge in [-0.3, -0.25) is 4.79 Å². The fourth-order valence-electron chi connectivity index (χ4n) is 3.87. The zero-order valence-corrected chi connectivity index (χ0v) is 13.9. The molecule has 0 aromatic heterocycles. The zero-order valence-electron chi connectivity index (χ0n) is 13.9. The van der Waals surface area contributed by atoms with Crippen LogP contribution >= 0.6 is 0 Å². The number of carbonyl (C=O) groups excluding carboxylic acids is 1. The SMILES string of the molecule is COc1ccc(CNC(=O)CC2CC3CCC(C2)N3)cc1OC. The summed E-state index contributed by atoms with van der Waals surface area (Å²) >= 11 is 0. The van der Waals surface area contributed by atoms with Gasteiger partial charge in [-0.15, -0.1) is 0 Å². The van der Waals surface area contributed by atoms with Crippen LogP contribution < -0.4 is 20.1 Å². The number of piperidine rings is 1. The largest absolute Gasteiger partial charge is 0.493 e. The lowest BCUT2D eigenvalue weighted by Gasteiger charge is -2.28. The highest BCUT2D eigenvalue weighted by molar-refractivity contribution is 5.76. The van der Waals surface area contributed by atoms with Crippen LogP contribution in [0.2, 0.25) is 0 Å². The number of methoxy groups -OCH3 is 2. The standard InChI is InChI=1S/C18H26N2O3/c1-22-16-6-3-12(9-17(16)23-2)11-19-18(21)10-13-7-14-4-5-15(8-13)20-14/h3,6,9,13-15,20H,4-5,7-8,10-11H2,1-2H3,(H,19,21). The second-order valence-corrected chi connectivity index (χ2v) is 6.65. The van der Waals surface area contributed by atoms with Crippen LogP contribution in [0.5, 0.6) is 11.5 Å². The van der Waals surface area contributed by atoms with E-state index >= 15 is 0 Å². The molecule has 2 unspecified atom stereocenters. The molecule has 1 aromatic rings. The van der Waals surface area contributed by atoms with Gasteiger partial charge in [0.25, 0.3) is 0 Å². The number of amides is 1. The van der Waals surface area contributed by atoms with Crippen LogP contribution in [0.15, 0.2) is 18.2 Å². The molecule has 2 heterocycles. The van der Waals surface area contributed by atoms with Crippen molar-refractivity contribution in [3.8, 4) is 11.5 Å². The predicted octanol–water partition coefficient (Wildman–Crippen LogP) is 2.24. The van der Waals surface area contributed by atoms with Gasteiger partial charge in [-0.2, -0.15) is 0 Å². The number of rotatable bonds is 6. The summed E-state index contributed by atoms with van der Waals surface area (Å²) in [7, 11) is 3.23. The van der Waals surface area contributed by atoms with Gasteiger partial charge in [0.1, 0.15) is 0 Å². The van der Waals surface area contributed by atoms with Crippen molar-refractivity contribution in [3.63, 3.8) is 0 Å². The molecule has 2 atom stereocenters. The summed E-state index contributed by atoms with van der Waals surface area (Å²) in [4.78, 5) is 12.2. The molecule has 1 aromatic carbocycles. The summed E-state index contributed by atoms with van der Waals surface area (Å²) < 4.78 is 10.5. The van der Waals surface area contributed by atoms with Crippen molar-refractivity contribution in [3.05, 3.63) is 23.8 Å². The van der Waals surface area contributed by atoms with Gasteiger partial charge in [-0.05, 0) is 49.3 Å². The first-order valence-corrected chi connectivity index (χ1v) is 8.41. The van der Waals surface area contributed by atoms with E-state index in [1.165, 1.54) is 12.8 Å². The molecule has 5 heteroatoms. The van der Waals surface area contributed by atoms with E-state index in [2.05, 4.69) is 10.6 Å². The van der Waals surface area contributed by atoms with Gasteiger partial charge in [0, 0.05) is 25.0 Å². The van der Waals surface area contributed by atoms with Gasteiger partial charge in [-0.25, -0.2) is 0 Å². The van der Waals surface area contributed by atoms with Crippen molar-refractivity contribution in [2.75, 3.05) is 14.2 Å². The van der Waals surface area contributed by atoms with Crippen molar-refractivity contribution >= 4 is 5.91 Å². The fraction of sp³-hybridized carbons (Fsp3) is 0.611. The molecule has 3 rings (SSSR count). The minimum absolute atomic E-state index is 0.145. The van der Waals surface area contributed by atoms with Gasteiger partial charge in [0.2, 0.25) is 5.91 Å². The number of hydrogen-bond acceptors (Lipinski definition) is 4. The van der Waals surface area contributed by atoms with Crippen molar-refractivity contribution in [1.29, 1.82) is 0 Å². The number of hydrogen-bond donors (Lipinski definition) is 2. The van der Waals surface area contributed by atoms with Crippen molar-refractivity contribution < 1.29 is 14.3 Å². The molecule has 5 nitrogen and oxygen atoms in total. The highest BCUT2D eigenvalue weighted by Crippen LogP contribution is 2.32. The van der Waals surface area contributed by atoms with Crippen LogP contribution in [0.4, 0.5) is 0 Å². The first-order chi connectivity index (χ1) is 11.2. The molecule has 2 aliphatic rings. The lowest BCUT2D eigenvalue weighted by atomic mass is 9.89. The monoisotopic (exact) mass is 318 g/mol. The maximum Gasteiger partial charge on any atom is 0.220 e. The van der Waals surface area contributed by atoms with Gasteiger partial charge in [0.05, 0.1) is 14.2 Å². The maximum atomic E-state index is 12.2.